The maximum Gasteiger partial charge on any atom is 0.308 e. The number of carbonyl (C=O) groups is 1. The highest BCUT2D eigenvalue weighted by Gasteiger charge is 2.15. The fourth-order valence-electron chi connectivity index (χ4n) is 1.08. The quantitative estimate of drug-likeness (QED) is 0.845. The molecule has 1 aromatic carbocycles. The Morgan fingerprint density at radius 1 is 1.64 bits per heavy atom. The monoisotopic (exact) mass is 218 g/mol. The van der Waals surface area contributed by atoms with Crippen molar-refractivity contribution in [2.45, 2.75) is 6.42 Å². The number of hydrogen-bond acceptors (Lipinski definition) is 2. The maximum atomic E-state index is 13.0. The van der Waals surface area contributed by atoms with Crippen LogP contribution in [0, 0.1) is 5.82 Å². The molecule has 0 saturated carbocycles. The molecule has 1 rings (SSSR count). The molecule has 3 nitrogen and oxygen atoms in total. The van der Waals surface area contributed by atoms with Crippen molar-refractivity contribution in [1.29, 1.82) is 0 Å². The topological polar surface area (TPSA) is 46.5 Å². The van der Waals surface area contributed by atoms with Crippen molar-refractivity contribution in [1.82, 2.24) is 0 Å². The van der Waals surface area contributed by atoms with E-state index in [1.165, 1.54) is 13.2 Å². The van der Waals surface area contributed by atoms with Gasteiger partial charge >= 0.3 is 5.97 Å². The summed E-state index contributed by atoms with van der Waals surface area (Å²) in [7, 11) is 1.37. The van der Waals surface area contributed by atoms with Gasteiger partial charge in [-0.05, 0) is 12.1 Å². The van der Waals surface area contributed by atoms with E-state index >= 15 is 0 Å². The minimum Gasteiger partial charge on any atom is -0.496 e. The zero-order valence-electron chi connectivity index (χ0n) is 7.38. The van der Waals surface area contributed by atoms with Gasteiger partial charge in [0, 0.05) is 5.56 Å². The lowest BCUT2D eigenvalue weighted by molar-refractivity contribution is -0.136. The number of carboxylic acids is 1. The summed E-state index contributed by atoms with van der Waals surface area (Å²) in [6.45, 7) is 0. The first-order valence-corrected chi connectivity index (χ1v) is 4.16. The molecular weight excluding hydrogens is 211 g/mol. The molecule has 0 atom stereocenters. The summed E-state index contributed by atoms with van der Waals surface area (Å²) >= 11 is 5.60. The smallest absolute Gasteiger partial charge is 0.308 e. The van der Waals surface area contributed by atoms with E-state index in [1.807, 2.05) is 0 Å². The van der Waals surface area contributed by atoms with Gasteiger partial charge in [0.1, 0.15) is 11.6 Å². The second-order valence-electron chi connectivity index (χ2n) is 2.61. The van der Waals surface area contributed by atoms with Crippen LogP contribution in [0.5, 0.6) is 5.75 Å². The van der Waals surface area contributed by atoms with Crippen LogP contribution in [-0.2, 0) is 11.2 Å². The summed E-state index contributed by atoms with van der Waals surface area (Å²) in [5.41, 5.74) is 0.154. The third-order valence-corrected chi connectivity index (χ3v) is 2.11. The van der Waals surface area contributed by atoms with Crippen LogP contribution in [0.15, 0.2) is 12.1 Å². The van der Waals surface area contributed by atoms with Crippen molar-refractivity contribution in [2.24, 2.45) is 0 Å². The Kier molecular flexibility index (Phi) is 3.30. The number of carboxylic acid groups (broad SMARTS) is 1. The van der Waals surface area contributed by atoms with Gasteiger partial charge in [-0.2, -0.15) is 0 Å². The number of halogens is 2. The van der Waals surface area contributed by atoms with Crippen molar-refractivity contribution < 1.29 is 19.0 Å². The SMILES string of the molecule is COc1ccc(F)c(Cl)c1CC(=O)O. The lowest BCUT2D eigenvalue weighted by Crippen LogP contribution is -2.04. The Morgan fingerprint density at radius 2 is 2.29 bits per heavy atom. The molecule has 0 aromatic heterocycles. The number of methoxy groups -OCH3 is 1. The third-order valence-electron chi connectivity index (χ3n) is 1.70. The van der Waals surface area contributed by atoms with Crippen molar-refractivity contribution in [2.75, 3.05) is 7.11 Å². The van der Waals surface area contributed by atoms with E-state index in [4.69, 9.17) is 21.4 Å². The summed E-state index contributed by atoms with van der Waals surface area (Å²) in [6.07, 6.45) is -0.361. The molecule has 0 aliphatic carbocycles. The maximum absolute atomic E-state index is 13.0. The van der Waals surface area contributed by atoms with Gasteiger partial charge in [0.05, 0.1) is 18.6 Å². The molecule has 0 fully saturated rings. The molecule has 1 aromatic rings. The molecule has 0 aliphatic heterocycles. The standard InChI is InChI=1S/C9H8ClFO3/c1-14-7-3-2-6(11)9(10)5(7)4-8(12)13/h2-3H,4H2,1H3,(H,12,13). The van der Waals surface area contributed by atoms with Crippen molar-refractivity contribution in [3.05, 3.63) is 28.5 Å². The molecule has 0 aliphatic rings. The van der Waals surface area contributed by atoms with E-state index in [0.717, 1.165) is 6.07 Å². The molecule has 14 heavy (non-hydrogen) atoms. The van der Waals surface area contributed by atoms with Gasteiger partial charge in [-0.1, -0.05) is 11.6 Å². The molecule has 1 N–H and O–H groups in total. The molecule has 0 amide bonds. The second kappa shape index (κ2) is 4.28. The molecular formula is C9H8ClFO3. The van der Waals surface area contributed by atoms with Crippen LogP contribution in [-0.4, -0.2) is 18.2 Å². The summed E-state index contributed by atoms with van der Waals surface area (Å²) in [4.78, 5) is 10.5. The van der Waals surface area contributed by atoms with Crippen LogP contribution in [0.1, 0.15) is 5.56 Å². The Labute approximate surface area is 85.1 Å². The summed E-state index contributed by atoms with van der Waals surface area (Å²) in [5.74, 6) is -1.46. The predicted molar refractivity (Wildman–Crippen MR) is 49.3 cm³/mol. The zero-order valence-corrected chi connectivity index (χ0v) is 8.14. The minimum atomic E-state index is -1.09. The summed E-state index contributed by atoms with van der Waals surface area (Å²) < 4.78 is 17.8. The molecule has 0 unspecified atom stereocenters. The Morgan fingerprint density at radius 3 is 2.79 bits per heavy atom. The molecule has 0 heterocycles. The van der Waals surface area contributed by atoms with Crippen molar-refractivity contribution in [3.8, 4) is 5.75 Å². The molecule has 0 spiro atoms. The van der Waals surface area contributed by atoms with E-state index in [-0.39, 0.29) is 22.8 Å². The van der Waals surface area contributed by atoms with Crippen LogP contribution in [0.2, 0.25) is 5.02 Å². The number of benzene rings is 1. The van der Waals surface area contributed by atoms with Gasteiger partial charge in [-0.15, -0.1) is 0 Å². The number of ether oxygens (including phenoxy) is 1. The number of rotatable bonds is 3. The van der Waals surface area contributed by atoms with Crippen LogP contribution >= 0.6 is 11.6 Å². The van der Waals surface area contributed by atoms with Gasteiger partial charge in [0.2, 0.25) is 0 Å². The minimum absolute atomic E-state index is 0.154. The third kappa shape index (κ3) is 2.14. The lowest BCUT2D eigenvalue weighted by atomic mass is 10.1. The Balaban J connectivity index is 3.20. The normalized spacial score (nSPS) is 9.93. The largest absolute Gasteiger partial charge is 0.496 e. The number of hydrogen-bond donors (Lipinski definition) is 1. The van der Waals surface area contributed by atoms with Gasteiger partial charge in [-0.25, -0.2) is 4.39 Å². The average molecular weight is 219 g/mol. The van der Waals surface area contributed by atoms with Crippen LogP contribution in [0.3, 0.4) is 0 Å². The summed E-state index contributed by atoms with van der Waals surface area (Å²) in [5, 5.41) is 8.36. The van der Waals surface area contributed by atoms with E-state index in [0.29, 0.717) is 0 Å². The molecule has 0 saturated heterocycles. The van der Waals surface area contributed by atoms with Gasteiger partial charge in [0.15, 0.2) is 0 Å². The molecule has 0 radical (unpaired) electrons. The van der Waals surface area contributed by atoms with E-state index in [2.05, 4.69) is 0 Å². The van der Waals surface area contributed by atoms with Gasteiger partial charge in [0.25, 0.3) is 0 Å². The average Bonchev–Trinajstić information content (AvgIpc) is 2.13. The fourth-order valence-corrected chi connectivity index (χ4v) is 1.31. The Hall–Kier alpha value is -1.29. The second-order valence-corrected chi connectivity index (χ2v) is 2.99. The fraction of sp³-hybridized carbons (Fsp3) is 0.222. The predicted octanol–water partition coefficient (Wildman–Crippen LogP) is 2.11. The van der Waals surface area contributed by atoms with E-state index in [1.54, 1.807) is 0 Å². The first-order valence-electron chi connectivity index (χ1n) is 3.79. The van der Waals surface area contributed by atoms with E-state index < -0.39 is 11.8 Å². The zero-order chi connectivity index (χ0) is 10.7. The van der Waals surface area contributed by atoms with Gasteiger partial charge < -0.3 is 9.84 Å². The molecule has 76 valence electrons. The van der Waals surface area contributed by atoms with Crippen LogP contribution < -0.4 is 4.74 Å². The molecule has 5 heteroatoms. The highest BCUT2D eigenvalue weighted by atomic mass is 35.5. The van der Waals surface area contributed by atoms with E-state index in [9.17, 15) is 9.18 Å². The van der Waals surface area contributed by atoms with Crippen molar-refractivity contribution >= 4 is 17.6 Å². The van der Waals surface area contributed by atoms with Crippen molar-refractivity contribution in [3.63, 3.8) is 0 Å². The lowest BCUT2D eigenvalue weighted by Gasteiger charge is -2.08. The summed E-state index contributed by atoms with van der Waals surface area (Å²) in [6, 6.07) is 2.48. The highest BCUT2D eigenvalue weighted by Crippen LogP contribution is 2.29. The van der Waals surface area contributed by atoms with Crippen LogP contribution in [0.25, 0.3) is 0 Å². The number of aliphatic carboxylic acids is 1. The highest BCUT2D eigenvalue weighted by molar-refractivity contribution is 6.31. The Bertz CT molecular complexity index is 365. The molecule has 0 bridgehead atoms. The first-order chi connectivity index (χ1) is 6.56. The van der Waals surface area contributed by atoms with Crippen LogP contribution in [0.4, 0.5) is 4.39 Å². The first kappa shape index (κ1) is 10.8. The van der Waals surface area contributed by atoms with Gasteiger partial charge in [-0.3, -0.25) is 4.79 Å².